The number of carbonyl (C=O) groups is 1. The highest BCUT2D eigenvalue weighted by Gasteiger charge is 2.12. The number of anilines is 1. The van der Waals surface area contributed by atoms with Gasteiger partial charge in [0.05, 0.1) is 4.92 Å². The average Bonchev–Trinajstić information content (AvgIpc) is 2.47. The predicted molar refractivity (Wildman–Crippen MR) is 80.4 cm³/mol. The maximum Gasteiger partial charge on any atom is 0.272 e. The summed E-state index contributed by atoms with van der Waals surface area (Å²) >= 11 is 1.30. The van der Waals surface area contributed by atoms with E-state index in [2.05, 4.69) is 10.3 Å². The van der Waals surface area contributed by atoms with Crippen LogP contribution in [0, 0.1) is 10.1 Å². The zero-order valence-corrected chi connectivity index (χ0v) is 12.1. The molecule has 0 saturated carbocycles. The lowest BCUT2D eigenvalue weighted by atomic mass is 10.2. The molecule has 0 aliphatic rings. The van der Waals surface area contributed by atoms with Crippen LogP contribution in [-0.2, 0) is 4.79 Å². The highest BCUT2D eigenvalue weighted by atomic mass is 32.2. The van der Waals surface area contributed by atoms with Crippen LogP contribution in [-0.4, -0.2) is 15.8 Å². The Morgan fingerprint density at radius 3 is 2.81 bits per heavy atom. The van der Waals surface area contributed by atoms with Crippen LogP contribution in [0.4, 0.5) is 11.4 Å². The van der Waals surface area contributed by atoms with Gasteiger partial charge in [-0.1, -0.05) is 24.8 Å². The van der Waals surface area contributed by atoms with Gasteiger partial charge >= 0.3 is 0 Å². The molecule has 0 spiro atoms. The molecule has 0 saturated heterocycles. The molecule has 0 aliphatic carbocycles. The number of nitrogens with zero attached hydrogens (tertiary/aromatic N) is 2. The Hall–Kier alpha value is -2.41. The van der Waals surface area contributed by atoms with Crippen LogP contribution in [0.15, 0.2) is 52.5 Å². The van der Waals surface area contributed by atoms with E-state index in [9.17, 15) is 14.9 Å². The zero-order chi connectivity index (χ0) is 15.2. The summed E-state index contributed by atoms with van der Waals surface area (Å²) in [5.41, 5.74) is 0.344. The first-order valence-electron chi connectivity index (χ1n) is 6.26. The summed E-state index contributed by atoms with van der Waals surface area (Å²) in [6.45, 7) is 1.72. The van der Waals surface area contributed by atoms with E-state index in [1.54, 1.807) is 25.3 Å². The average molecular weight is 303 g/mol. The van der Waals surface area contributed by atoms with Gasteiger partial charge in [0.1, 0.15) is 5.03 Å². The summed E-state index contributed by atoms with van der Waals surface area (Å²) in [4.78, 5) is 26.7. The third kappa shape index (κ3) is 4.28. The smallest absolute Gasteiger partial charge is 0.272 e. The molecule has 0 fully saturated rings. The van der Waals surface area contributed by atoms with Crippen molar-refractivity contribution in [2.24, 2.45) is 0 Å². The van der Waals surface area contributed by atoms with Crippen molar-refractivity contribution in [2.75, 3.05) is 5.32 Å². The standard InChI is InChI=1S/C14H13N3O3S/c1-2-13(18)16-10-7-11(17(19)20)9-12(8-10)21-14-5-3-4-6-15-14/h3-9H,2H2,1H3,(H,16,18). The zero-order valence-electron chi connectivity index (χ0n) is 11.3. The highest BCUT2D eigenvalue weighted by molar-refractivity contribution is 7.99. The van der Waals surface area contributed by atoms with E-state index in [0.717, 1.165) is 5.03 Å². The lowest BCUT2D eigenvalue weighted by Crippen LogP contribution is -2.09. The molecule has 1 N–H and O–H groups in total. The quantitative estimate of drug-likeness (QED) is 0.675. The second-order valence-corrected chi connectivity index (χ2v) is 5.24. The lowest BCUT2D eigenvalue weighted by molar-refractivity contribution is -0.385. The van der Waals surface area contributed by atoms with E-state index in [-0.39, 0.29) is 11.6 Å². The fourth-order valence-electron chi connectivity index (χ4n) is 1.60. The van der Waals surface area contributed by atoms with Gasteiger partial charge in [0.15, 0.2) is 0 Å². The lowest BCUT2D eigenvalue weighted by Gasteiger charge is -2.06. The molecule has 21 heavy (non-hydrogen) atoms. The number of nitro benzene ring substituents is 1. The van der Waals surface area contributed by atoms with Crippen molar-refractivity contribution in [1.82, 2.24) is 4.98 Å². The molecule has 0 radical (unpaired) electrons. The number of nitrogens with one attached hydrogen (secondary N) is 1. The number of pyridine rings is 1. The summed E-state index contributed by atoms with van der Waals surface area (Å²) in [7, 11) is 0. The van der Waals surface area contributed by atoms with Crippen LogP contribution < -0.4 is 5.32 Å². The molecule has 1 amide bonds. The molecule has 0 unspecified atom stereocenters. The van der Waals surface area contributed by atoms with Crippen LogP contribution in [0.2, 0.25) is 0 Å². The Kier molecular flexibility index (Phi) is 4.89. The molecule has 1 aromatic carbocycles. The monoisotopic (exact) mass is 303 g/mol. The van der Waals surface area contributed by atoms with Crippen molar-refractivity contribution in [3.05, 3.63) is 52.7 Å². The van der Waals surface area contributed by atoms with Crippen molar-refractivity contribution in [2.45, 2.75) is 23.3 Å². The number of carbonyl (C=O) groups excluding carboxylic acids is 1. The van der Waals surface area contributed by atoms with Crippen molar-refractivity contribution < 1.29 is 9.72 Å². The van der Waals surface area contributed by atoms with E-state index in [0.29, 0.717) is 17.0 Å². The number of hydrogen-bond acceptors (Lipinski definition) is 5. The molecule has 0 atom stereocenters. The van der Waals surface area contributed by atoms with Crippen molar-refractivity contribution in [3.8, 4) is 0 Å². The number of hydrogen-bond donors (Lipinski definition) is 1. The Bertz CT molecular complexity index is 662. The van der Waals surface area contributed by atoms with E-state index in [4.69, 9.17) is 0 Å². The molecular weight excluding hydrogens is 290 g/mol. The van der Waals surface area contributed by atoms with Crippen LogP contribution in [0.5, 0.6) is 0 Å². The van der Waals surface area contributed by atoms with Crippen molar-refractivity contribution >= 4 is 29.0 Å². The van der Waals surface area contributed by atoms with Crippen molar-refractivity contribution in [1.29, 1.82) is 0 Å². The Balaban J connectivity index is 2.31. The van der Waals surface area contributed by atoms with Gasteiger partial charge in [0.25, 0.3) is 5.69 Å². The fraction of sp³-hybridized carbons (Fsp3) is 0.143. The maximum atomic E-state index is 11.4. The molecular formula is C14H13N3O3S. The summed E-state index contributed by atoms with van der Waals surface area (Å²) < 4.78 is 0. The summed E-state index contributed by atoms with van der Waals surface area (Å²) in [5.74, 6) is -0.190. The molecule has 6 nitrogen and oxygen atoms in total. The highest BCUT2D eigenvalue weighted by Crippen LogP contribution is 2.31. The maximum absolute atomic E-state index is 11.4. The number of amides is 1. The van der Waals surface area contributed by atoms with Gasteiger partial charge < -0.3 is 5.32 Å². The van der Waals surface area contributed by atoms with Gasteiger partial charge in [-0.2, -0.15) is 0 Å². The van der Waals surface area contributed by atoms with Crippen LogP contribution in [0.3, 0.4) is 0 Å². The molecule has 0 aliphatic heterocycles. The first kappa shape index (κ1) is 15.0. The van der Waals surface area contributed by atoms with E-state index in [1.807, 2.05) is 12.1 Å². The predicted octanol–water partition coefficient (Wildman–Crippen LogP) is 3.49. The normalized spacial score (nSPS) is 10.1. The van der Waals surface area contributed by atoms with Gasteiger partial charge in [-0.25, -0.2) is 4.98 Å². The first-order chi connectivity index (χ1) is 10.1. The second-order valence-electron chi connectivity index (χ2n) is 4.14. The van der Waals surface area contributed by atoms with Crippen LogP contribution in [0.1, 0.15) is 13.3 Å². The Morgan fingerprint density at radius 1 is 1.38 bits per heavy atom. The Labute approximate surface area is 125 Å². The van der Waals surface area contributed by atoms with Gasteiger partial charge in [0.2, 0.25) is 5.91 Å². The van der Waals surface area contributed by atoms with Crippen LogP contribution >= 0.6 is 11.8 Å². The largest absolute Gasteiger partial charge is 0.326 e. The minimum atomic E-state index is -0.482. The molecule has 1 aromatic heterocycles. The van der Waals surface area contributed by atoms with E-state index < -0.39 is 4.92 Å². The number of nitro groups is 1. The molecule has 7 heteroatoms. The SMILES string of the molecule is CCC(=O)Nc1cc(Sc2ccccn2)cc([N+](=O)[O-])c1. The molecule has 1 heterocycles. The van der Waals surface area contributed by atoms with Crippen molar-refractivity contribution in [3.63, 3.8) is 0 Å². The number of non-ortho nitro benzene ring substituents is 1. The third-order valence-electron chi connectivity index (χ3n) is 2.57. The fourth-order valence-corrected chi connectivity index (χ4v) is 2.46. The Morgan fingerprint density at radius 2 is 2.19 bits per heavy atom. The van der Waals surface area contributed by atoms with E-state index in [1.165, 1.54) is 23.9 Å². The summed E-state index contributed by atoms with van der Waals surface area (Å²) in [5, 5.41) is 14.3. The van der Waals surface area contributed by atoms with Crippen LogP contribution in [0.25, 0.3) is 0 Å². The van der Waals surface area contributed by atoms with Gasteiger partial charge in [-0.3, -0.25) is 14.9 Å². The number of aromatic nitrogens is 1. The topological polar surface area (TPSA) is 85.1 Å². The molecule has 108 valence electrons. The summed E-state index contributed by atoms with van der Waals surface area (Å²) in [6, 6.07) is 9.95. The molecule has 2 aromatic rings. The van der Waals surface area contributed by atoms with E-state index >= 15 is 0 Å². The van der Waals surface area contributed by atoms with Gasteiger partial charge in [-0.05, 0) is 18.2 Å². The minimum absolute atomic E-state index is 0.0673. The van der Waals surface area contributed by atoms with Gasteiger partial charge in [0, 0.05) is 35.3 Å². The number of rotatable bonds is 5. The first-order valence-corrected chi connectivity index (χ1v) is 7.08. The third-order valence-corrected chi connectivity index (χ3v) is 3.49. The number of benzene rings is 1. The molecule has 0 bridgehead atoms. The second kappa shape index (κ2) is 6.85. The minimum Gasteiger partial charge on any atom is -0.326 e. The summed E-state index contributed by atoms with van der Waals surface area (Å²) in [6.07, 6.45) is 1.96. The molecule has 2 rings (SSSR count). The van der Waals surface area contributed by atoms with Gasteiger partial charge in [-0.15, -0.1) is 0 Å².